The summed E-state index contributed by atoms with van der Waals surface area (Å²) in [5.74, 6) is 1.73. The maximum atomic E-state index is 7.32. The molecule has 1 atom stereocenters. The number of amidine groups is 1. The van der Waals surface area contributed by atoms with Crippen molar-refractivity contribution < 1.29 is 4.74 Å². The SMILES string of the molecule is CC#N.CCC/C=C(/N=C(\C1=C(C)CN(c2cccc3cccc(Cl)c23)CC1)N(CC)CC(C)NC)OC.CN1CCCC1. The van der Waals surface area contributed by atoms with Crippen molar-refractivity contribution in [3.05, 3.63) is 64.5 Å². The van der Waals surface area contributed by atoms with Crippen LogP contribution in [0.5, 0.6) is 0 Å². The van der Waals surface area contributed by atoms with Gasteiger partial charge in [-0.25, -0.2) is 0 Å². The molecule has 1 fully saturated rings. The number of hydrogen-bond donors (Lipinski definition) is 1. The summed E-state index contributed by atoms with van der Waals surface area (Å²) in [5, 5.41) is 13.8. The summed E-state index contributed by atoms with van der Waals surface area (Å²) in [6.07, 6.45) is 7.86. The largest absolute Gasteiger partial charge is 0.481 e. The number of nitrogens with zero attached hydrogens (tertiary/aromatic N) is 5. The second-order valence-corrected chi connectivity index (χ2v) is 11.9. The molecular formula is C36H55ClN6O. The highest BCUT2D eigenvalue weighted by Crippen LogP contribution is 2.35. The van der Waals surface area contributed by atoms with Gasteiger partial charge in [0.15, 0.2) is 0 Å². The van der Waals surface area contributed by atoms with Crippen LogP contribution in [0.4, 0.5) is 5.69 Å². The summed E-state index contributed by atoms with van der Waals surface area (Å²) in [7, 11) is 5.89. The molecule has 1 saturated heterocycles. The molecule has 0 aliphatic carbocycles. The van der Waals surface area contributed by atoms with E-state index in [1.807, 2.05) is 19.2 Å². The molecule has 4 rings (SSSR count). The number of benzene rings is 2. The van der Waals surface area contributed by atoms with Crippen molar-refractivity contribution in [2.45, 2.75) is 72.8 Å². The maximum absolute atomic E-state index is 7.32. The number of hydrogen-bond acceptors (Lipinski definition) is 6. The molecule has 0 radical (unpaired) electrons. The van der Waals surface area contributed by atoms with Crippen LogP contribution in [0.1, 0.15) is 66.7 Å². The molecule has 0 amide bonds. The summed E-state index contributed by atoms with van der Waals surface area (Å²) in [4.78, 5) is 12.3. The predicted molar refractivity (Wildman–Crippen MR) is 190 cm³/mol. The molecule has 44 heavy (non-hydrogen) atoms. The van der Waals surface area contributed by atoms with E-state index in [1.54, 1.807) is 13.2 Å². The van der Waals surface area contributed by atoms with Crippen LogP contribution in [0.3, 0.4) is 0 Å². The molecule has 0 aromatic heterocycles. The Morgan fingerprint density at radius 3 is 2.36 bits per heavy atom. The van der Waals surface area contributed by atoms with Crippen LogP contribution in [-0.4, -0.2) is 82.2 Å². The number of nitriles is 1. The average Bonchev–Trinajstić information content (AvgIpc) is 3.51. The van der Waals surface area contributed by atoms with Gasteiger partial charge in [0.05, 0.1) is 18.2 Å². The van der Waals surface area contributed by atoms with Crippen LogP contribution in [-0.2, 0) is 4.74 Å². The number of allylic oxidation sites excluding steroid dienone is 1. The number of halogens is 1. The molecule has 2 aromatic carbocycles. The molecule has 2 aliphatic heterocycles. The quantitative estimate of drug-likeness (QED) is 0.165. The zero-order valence-corrected chi connectivity index (χ0v) is 29.2. The molecule has 7 nitrogen and oxygen atoms in total. The highest BCUT2D eigenvalue weighted by molar-refractivity contribution is 6.36. The first-order valence-corrected chi connectivity index (χ1v) is 16.5. The van der Waals surface area contributed by atoms with Crippen LogP contribution in [0.15, 0.2) is 64.5 Å². The minimum atomic E-state index is 0.351. The van der Waals surface area contributed by atoms with Crippen LogP contribution < -0.4 is 10.2 Å². The first-order valence-electron chi connectivity index (χ1n) is 16.1. The molecule has 0 bridgehead atoms. The van der Waals surface area contributed by atoms with E-state index in [4.69, 9.17) is 26.6 Å². The summed E-state index contributed by atoms with van der Waals surface area (Å²) < 4.78 is 5.67. The summed E-state index contributed by atoms with van der Waals surface area (Å²) in [6.45, 7) is 16.4. The zero-order chi connectivity index (χ0) is 32.5. The Bertz CT molecular complexity index is 1290. The van der Waals surface area contributed by atoms with Gasteiger partial charge in [0, 0.05) is 50.2 Å². The number of fused-ring (bicyclic) bond motifs is 1. The second-order valence-electron chi connectivity index (χ2n) is 11.5. The number of likely N-dealkylation sites (tertiary alicyclic amines) is 1. The highest BCUT2D eigenvalue weighted by Gasteiger charge is 2.25. The smallest absolute Gasteiger partial charge is 0.210 e. The van der Waals surface area contributed by atoms with Crippen LogP contribution in [0.2, 0.25) is 5.02 Å². The number of unbranched alkanes of at least 4 members (excludes halogenated alkanes) is 1. The number of methoxy groups -OCH3 is 1. The maximum Gasteiger partial charge on any atom is 0.210 e. The number of ether oxygens (including phenoxy) is 1. The van der Waals surface area contributed by atoms with Gasteiger partial charge in [-0.3, -0.25) is 0 Å². The Morgan fingerprint density at radius 1 is 1.18 bits per heavy atom. The number of rotatable bonds is 10. The molecule has 1 N–H and O–H groups in total. The second kappa shape index (κ2) is 20.1. The molecular weight excluding hydrogens is 568 g/mol. The van der Waals surface area contributed by atoms with E-state index in [0.29, 0.717) is 11.9 Å². The van der Waals surface area contributed by atoms with Crippen molar-refractivity contribution in [3.8, 4) is 6.07 Å². The van der Waals surface area contributed by atoms with Crippen molar-refractivity contribution in [1.82, 2.24) is 15.1 Å². The fourth-order valence-corrected chi connectivity index (χ4v) is 5.79. The fourth-order valence-electron chi connectivity index (χ4n) is 5.51. The van der Waals surface area contributed by atoms with Gasteiger partial charge in [-0.15, -0.1) is 0 Å². The third kappa shape index (κ3) is 11.1. The van der Waals surface area contributed by atoms with Crippen molar-refractivity contribution in [3.63, 3.8) is 0 Å². The van der Waals surface area contributed by atoms with E-state index in [0.717, 1.165) is 61.7 Å². The Hall–Kier alpha value is -3.05. The third-order valence-electron chi connectivity index (χ3n) is 8.05. The van der Waals surface area contributed by atoms with Gasteiger partial charge in [-0.05, 0) is 108 Å². The first-order chi connectivity index (χ1) is 21.2. The Balaban J connectivity index is 0.000000648. The lowest BCUT2D eigenvalue weighted by Gasteiger charge is -2.36. The van der Waals surface area contributed by atoms with E-state index >= 15 is 0 Å². The average molecular weight is 623 g/mol. The molecule has 2 heterocycles. The van der Waals surface area contributed by atoms with E-state index < -0.39 is 0 Å². The van der Waals surface area contributed by atoms with Gasteiger partial charge in [0.1, 0.15) is 5.84 Å². The van der Waals surface area contributed by atoms with E-state index in [2.05, 4.69) is 85.1 Å². The van der Waals surface area contributed by atoms with Crippen LogP contribution in [0, 0.1) is 11.3 Å². The Labute approximate surface area is 272 Å². The topological polar surface area (TPSA) is 67.1 Å². The summed E-state index contributed by atoms with van der Waals surface area (Å²) in [6, 6.07) is 14.7. The van der Waals surface area contributed by atoms with Gasteiger partial charge >= 0.3 is 0 Å². The molecule has 8 heteroatoms. The lowest BCUT2D eigenvalue weighted by atomic mass is 9.97. The van der Waals surface area contributed by atoms with Gasteiger partial charge in [-0.1, -0.05) is 49.2 Å². The van der Waals surface area contributed by atoms with E-state index in [1.165, 1.54) is 55.1 Å². The predicted octanol–water partition coefficient (Wildman–Crippen LogP) is 7.88. The van der Waals surface area contributed by atoms with Crippen molar-refractivity contribution >= 4 is 33.9 Å². The van der Waals surface area contributed by atoms with Gasteiger partial charge < -0.3 is 24.8 Å². The van der Waals surface area contributed by atoms with E-state index in [9.17, 15) is 0 Å². The number of nitrogens with one attached hydrogen (secondary N) is 1. The molecule has 0 saturated carbocycles. The third-order valence-corrected chi connectivity index (χ3v) is 8.36. The summed E-state index contributed by atoms with van der Waals surface area (Å²) in [5.41, 5.74) is 3.85. The molecule has 2 aromatic rings. The van der Waals surface area contributed by atoms with Crippen molar-refractivity contribution in [2.75, 3.05) is 65.4 Å². The van der Waals surface area contributed by atoms with E-state index in [-0.39, 0.29) is 0 Å². The lowest BCUT2D eigenvalue weighted by molar-refractivity contribution is 0.284. The van der Waals surface area contributed by atoms with Crippen LogP contribution >= 0.6 is 11.6 Å². The standard InChI is InChI=1S/C29H41ClN4O.C5H11N.C2H3N/c1-7-9-16-27(35-6)32-29(33(8-2)20-22(4)31-5)24-17-18-34(19-21(24)3)26-15-11-13-23-12-10-14-25(30)28(23)26;1-6-4-2-3-5-6;1-2-3/h10-16,22,31H,7-9,17-20H2,1-6H3;2-5H2,1H3;1H3/b27-16-,32-29+;;. The fraction of sp³-hybridized carbons (Fsp3) is 0.556. The normalized spacial score (nSPS) is 16.5. The minimum Gasteiger partial charge on any atom is -0.481 e. The lowest BCUT2D eigenvalue weighted by Crippen LogP contribution is -2.43. The molecule has 242 valence electrons. The van der Waals surface area contributed by atoms with Crippen molar-refractivity contribution in [2.24, 2.45) is 4.99 Å². The first kappa shape index (κ1) is 37.1. The Kier molecular flexibility index (Phi) is 16.9. The molecule has 1 unspecified atom stereocenters. The number of anilines is 1. The monoisotopic (exact) mass is 622 g/mol. The Morgan fingerprint density at radius 2 is 1.84 bits per heavy atom. The molecule has 0 spiro atoms. The van der Waals surface area contributed by atoms with Gasteiger partial charge in [-0.2, -0.15) is 10.3 Å². The summed E-state index contributed by atoms with van der Waals surface area (Å²) >= 11 is 6.64. The van der Waals surface area contributed by atoms with Gasteiger partial charge in [0.25, 0.3) is 0 Å². The van der Waals surface area contributed by atoms with Gasteiger partial charge in [0.2, 0.25) is 5.88 Å². The zero-order valence-electron chi connectivity index (χ0n) is 28.4. The highest BCUT2D eigenvalue weighted by atomic mass is 35.5. The molecule has 2 aliphatic rings. The minimum absolute atomic E-state index is 0.351. The van der Waals surface area contributed by atoms with Crippen molar-refractivity contribution in [1.29, 1.82) is 5.26 Å². The van der Waals surface area contributed by atoms with Crippen LogP contribution in [0.25, 0.3) is 10.8 Å². The number of likely N-dealkylation sites (N-methyl/N-ethyl adjacent to an activating group) is 2. The number of aliphatic imine (C=N–C) groups is 1.